The molecule has 1 heterocycles. The van der Waals surface area contributed by atoms with Crippen LogP contribution in [0.1, 0.15) is 5.69 Å². The van der Waals surface area contributed by atoms with Crippen LogP contribution in [0.5, 0.6) is 0 Å². The average molecular weight is 233 g/mol. The Morgan fingerprint density at radius 1 is 1.47 bits per heavy atom. The smallest absolute Gasteiger partial charge is 0.246 e. The van der Waals surface area contributed by atoms with E-state index in [9.17, 15) is 9.18 Å². The number of halogens is 1. The first-order chi connectivity index (χ1) is 8.13. The van der Waals surface area contributed by atoms with Crippen LogP contribution in [-0.4, -0.2) is 15.7 Å². The van der Waals surface area contributed by atoms with E-state index < -0.39 is 0 Å². The molecule has 0 aliphatic carbocycles. The van der Waals surface area contributed by atoms with Gasteiger partial charge in [0.25, 0.3) is 0 Å². The van der Waals surface area contributed by atoms with E-state index in [1.54, 1.807) is 18.3 Å². The molecule has 0 aliphatic rings. The summed E-state index contributed by atoms with van der Waals surface area (Å²) in [4.78, 5) is 11.6. The molecule has 88 valence electrons. The zero-order valence-electron chi connectivity index (χ0n) is 9.35. The second-order valence-corrected chi connectivity index (χ2v) is 3.71. The van der Waals surface area contributed by atoms with Gasteiger partial charge in [0.1, 0.15) is 12.4 Å². The molecule has 1 aromatic heterocycles. The predicted molar refractivity (Wildman–Crippen MR) is 62.0 cm³/mol. The molecule has 0 bridgehead atoms. The van der Waals surface area contributed by atoms with Crippen LogP contribution in [0.2, 0.25) is 0 Å². The summed E-state index contributed by atoms with van der Waals surface area (Å²) in [7, 11) is 0. The number of carbonyl (C=O) groups excluding carboxylic acids is 1. The van der Waals surface area contributed by atoms with E-state index in [2.05, 4.69) is 10.4 Å². The van der Waals surface area contributed by atoms with Crippen LogP contribution < -0.4 is 5.32 Å². The first-order valence-corrected chi connectivity index (χ1v) is 5.19. The Kier molecular flexibility index (Phi) is 3.18. The normalized spacial score (nSPS) is 10.2. The molecular formula is C12H12FN3O. The maximum absolute atomic E-state index is 12.9. The first-order valence-electron chi connectivity index (χ1n) is 5.19. The highest BCUT2D eigenvalue weighted by Crippen LogP contribution is 2.08. The molecule has 0 fully saturated rings. The Labute approximate surface area is 98.1 Å². The van der Waals surface area contributed by atoms with Gasteiger partial charge in [-0.3, -0.25) is 9.48 Å². The molecule has 0 unspecified atom stereocenters. The Morgan fingerprint density at radius 2 is 2.29 bits per heavy atom. The minimum atomic E-state index is -0.377. The van der Waals surface area contributed by atoms with E-state index >= 15 is 0 Å². The van der Waals surface area contributed by atoms with Gasteiger partial charge in [0.05, 0.1) is 5.69 Å². The highest BCUT2D eigenvalue weighted by Gasteiger charge is 2.04. The topological polar surface area (TPSA) is 46.9 Å². The summed E-state index contributed by atoms with van der Waals surface area (Å²) in [6.07, 6.45) is 1.72. The van der Waals surface area contributed by atoms with Gasteiger partial charge in [-0.2, -0.15) is 5.10 Å². The molecule has 2 rings (SSSR count). The second kappa shape index (κ2) is 4.78. The molecule has 0 atom stereocenters. The van der Waals surface area contributed by atoms with Gasteiger partial charge >= 0.3 is 0 Å². The third-order valence-corrected chi connectivity index (χ3v) is 2.19. The SMILES string of the molecule is Cc1ccn(CC(=O)Nc2cccc(F)c2)n1. The van der Waals surface area contributed by atoms with Crippen molar-refractivity contribution in [3.63, 3.8) is 0 Å². The fraction of sp³-hybridized carbons (Fsp3) is 0.167. The van der Waals surface area contributed by atoms with Crippen LogP contribution >= 0.6 is 0 Å². The minimum absolute atomic E-state index is 0.115. The summed E-state index contributed by atoms with van der Waals surface area (Å²) in [6.45, 7) is 1.96. The van der Waals surface area contributed by atoms with E-state index in [4.69, 9.17) is 0 Å². The van der Waals surface area contributed by atoms with Crippen LogP contribution in [0, 0.1) is 12.7 Å². The molecule has 1 N–H and O–H groups in total. The molecule has 0 spiro atoms. The highest BCUT2D eigenvalue weighted by atomic mass is 19.1. The monoisotopic (exact) mass is 233 g/mol. The molecule has 4 nitrogen and oxygen atoms in total. The molecule has 0 saturated carbocycles. The summed E-state index contributed by atoms with van der Waals surface area (Å²) < 4.78 is 14.4. The van der Waals surface area contributed by atoms with Crippen molar-refractivity contribution in [3.05, 3.63) is 48.0 Å². The number of anilines is 1. The van der Waals surface area contributed by atoms with Crippen molar-refractivity contribution in [3.8, 4) is 0 Å². The maximum Gasteiger partial charge on any atom is 0.246 e. The van der Waals surface area contributed by atoms with Crippen molar-refractivity contribution in [2.45, 2.75) is 13.5 Å². The molecule has 1 amide bonds. The van der Waals surface area contributed by atoms with Gasteiger partial charge < -0.3 is 5.32 Å². The number of rotatable bonds is 3. The van der Waals surface area contributed by atoms with Gasteiger partial charge in [-0.25, -0.2) is 4.39 Å². The lowest BCUT2D eigenvalue weighted by atomic mass is 10.3. The summed E-state index contributed by atoms with van der Waals surface area (Å²) in [5, 5.41) is 6.69. The lowest BCUT2D eigenvalue weighted by Gasteiger charge is -2.05. The number of hydrogen-bond acceptors (Lipinski definition) is 2. The first kappa shape index (κ1) is 11.3. The van der Waals surface area contributed by atoms with Gasteiger partial charge in [-0.1, -0.05) is 6.07 Å². The van der Waals surface area contributed by atoms with E-state index in [-0.39, 0.29) is 18.3 Å². The number of carbonyl (C=O) groups is 1. The van der Waals surface area contributed by atoms with E-state index in [1.807, 2.05) is 13.0 Å². The molecule has 0 saturated heterocycles. The molecular weight excluding hydrogens is 221 g/mol. The third-order valence-electron chi connectivity index (χ3n) is 2.19. The summed E-state index contributed by atoms with van der Waals surface area (Å²) >= 11 is 0. The Morgan fingerprint density at radius 3 is 2.94 bits per heavy atom. The number of amides is 1. The number of benzene rings is 1. The van der Waals surface area contributed by atoms with Crippen molar-refractivity contribution >= 4 is 11.6 Å². The Bertz CT molecular complexity index is 536. The largest absolute Gasteiger partial charge is 0.324 e. The fourth-order valence-corrected chi connectivity index (χ4v) is 1.47. The van der Waals surface area contributed by atoms with Crippen molar-refractivity contribution < 1.29 is 9.18 Å². The lowest BCUT2D eigenvalue weighted by molar-refractivity contribution is -0.116. The number of aryl methyl sites for hydroxylation is 1. The standard InChI is InChI=1S/C12H12FN3O/c1-9-5-6-16(15-9)8-12(17)14-11-4-2-3-10(13)7-11/h2-7H,8H2,1H3,(H,14,17). The van der Waals surface area contributed by atoms with Crippen LogP contribution in [0.15, 0.2) is 36.5 Å². The van der Waals surface area contributed by atoms with Crippen molar-refractivity contribution in [2.75, 3.05) is 5.32 Å². The van der Waals surface area contributed by atoms with Gasteiger partial charge in [0.15, 0.2) is 0 Å². The maximum atomic E-state index is 12.9. The van der Waals surface area contributed by atoms with Crippen LogP contribution in [0.4, 0.5) is 10.1 Å². The average Bonchev–Trinajstić information content (AvgIpc) is 2.63. The minimum Gasteiger partial charge on any atom is -0.324 e. The molecule has 2 aromatic rings. The second-order valence-electron chi connectivity index (χ2n) is 3.71. The quantitative estimate of drug-likeness (QED) is 0.881. The molecule has 17 heavy (non-hydrogen) atoms. The van der Waals surface area contributed by atoms with E-state index in [0.717, 1.165) is 5.69 Å². The summed E-state index contributed by atoms with van der Waals surface area (Å²) in [5.41, 5.74) is 1.29. The van der Waals surface area contributed by atoms with E-state index in [1.165, 1.54) is 16.8 Å². The number of hydrogen-bond donors (Lipinski definition) is 1. The molecule has 0 radical (unpaired) electrons. The third kappa shape index (κ3) is 3.14. The molecule has 1 aromatic carbocycles. The van der Waals surface area contributed by atoms with Gasteiger partial charge in [0, 0.05) is 11.9 Å². The van der Waals surface area contributed by atoms with Gasteiger partial charge in [0.2, 0.25) is 5.91 Å². The zero-order chi connectivity index (χ0) is 12.3. The molecule has 0 aliphatic heterocycles. The number of nitrogens with zero attached hydrogens (tertiary/aromatic N) is 2. The van der Waals surface area contributed by atoms with Gasteiger partial charge in [-0.15, -0.1) is 0 Å². The zero-order valence-corrected chi connectivity index (χ0v) is 9.35. The lowest BCUT2D eigenvalue weighted by Crippen LogP contribution is -2.19. The van der Waals surface area contributed by atoms with Crippen LogP contribution in [-0.2, 0) is 11.3 Å². The summed E-state index contributed by atoms with van der Waals surface area (Å²) in [5.74, 6) is -0.614. The van der Waals surface area contributed by atoms with Crippen LogP contribution in [0.25, 0.3) is 0 Å². The Hall–Kier alpha value is -2.17. The predicted octanol–water partition coefficient (Wildman–Crippen LogP) is 1.97. The molecule has 5 heteroatoms. The Balaban J connectivity index is 1.98. The number of aromatic nitrogens is 2. The van der Waals surface area contributed by atoms with E-state index in [0.29, 0.717) is 5.69 Å². The van der Waals surface area contributed by atoms with Crippen LogP contribution in [0.3, 0.4) is 0 Å². The van der Waals surface area contributed by atoms with Gasteiger partial charge in [-0.05, 0) is 31.2 Å². The van der Waals surface area contributed by atoms with Crippen molar-refractivity contribution in [1.29, 1.82) is 0 Å². The summed E-state index contributed by atoms with van der Waals surface area (Å²) in [6, 6.07) is 7.59. The number of nitrogens with one attached hydrogen (secondary N) is 1. The van der Waals surface area contributed by atoms with Crippen molar-refractivity contribution in [2.24, 2.45) is 0 Å². The van der Waals surface area contributed by atoms with Crippen molar-refractivity contribution in [1.82, 2.24) is 9.78 Å². The highest BCUT2D eigenvalue weighted by molar-refractivity contribution is 5.90. The fourth-order valence-electron chi connectivity index (χ4n) is 1.47.